The van der Waals surface area contributed by atoms with Crippen LogP contribution in [-0.2, 0) is 12.0 Å². The van der Waals surface area contributed by atoms with Gasteiger partial charge in [-0.3, -0.25) is 4.79 Å². The van der Waals surface area contributed by atoms with E-state index in [0.29, 0.717) is 12.1 Å². The Bertz CT molecular complexity index is 689. The van der Waals surface area contributed by atoms with Crippen molar-refractivity contribution in [2.45, 2.75) is 38.3 Å². The molecule has 1 unspecified atom stereocenters. The van der Waals surface area contributed by atoms with Crippen LogP contribution >= 0.6 is 0 Å². The third kappa shape index (κ3) is 2.64. The van der Waals surface area contributed by atoms with Crippen molar-refractivity contribution >= 4 is 5.91 Å². The van der Waals surface area contributed by atoms with Gasteiger partial charge in [0, 0.05) is 12.1 Å². The molecule has 2 aromatic carbocycles. The monoisotopic (exact) mass is 294 g/mol. The lowest BCUT2D eigenvalue weighted by atomic mass is 9.86. The largest absolute Gasteiger partial charge is 0.345 e. The van der Waals surface area contributed by atoms with E-state index in [0.717, 1.165) is 12.0 Å². The number of amides is 1. The molecule has 22 heavy (non-hydrogen) atoms. The molecular weight excluding hydrogens is 272 g/mol. The third-order valence-corrected chi connectivity index (χ3v) is 4.54. The Kier molecular flexibility index (Phi) is 3.75. The maximum Gasteiger partial charge on any atom is 0.251 e. The van der Waals surface area contributed by atoms with Crippen LogP contribution in [0, 0.1) is 0 Å². The highest BCUT2D eigenvalue weighted by atomic mass is 16.1. The van der Waals surface area contributed by atoms with Crippen molar-refractivity contribution in [1.82, 2.24) is 5.32 Å². The standard InChI is InChI=1S/C19H22N2O/c1-19(2)11-17(15-5-3-4-6-16(15)19)21-18(22)14-9-7-13(12-20)8-10-14/h3-10,17H,11-12,20H2,1-2H3,(H,21,22). The molecule has 3 N–H and O–H groups in total. The Morgan fingerprint density at radius 2 is 1.86 bits per heavy atom. The number of fused-ring (bicyclic) bond motifs is 1. The first kappa shape index (κ1) is 14.8. The number of rotatable bonds is 3. The summed E-state index contributed by atoms with van der Waals surface area (Å²) < 4.78 is 0. The van der Waals surface area contributed by atoms with E-state index in [9.17, 15) is 4.79 Å². The highest BCUT2D eigenvalue weighted by Gasteiger charge is 2.37. The van der Waals surface area contributed by atoms with Crippen LogP contribution in [0.2, 0.25) is 0 Å². The van der Waals surface area contributed by atoms with Gasteiger partial charge in [0.15, 0.2) is 0 Å². The zero-order chi connectivity index (χ0) is 15.7. The quantitative estimate of drug-likeness (QED) is 0.912. The van der Waals surface area contributed by atoms with Crippen LogP contribution in [0.25, 0.3) is 0 Å². The number of carbonyl (C=O) groups excluding carboxylic acids is 1. The van der Waals surface area contributed by atoms with Gasteiger partial charge < -0.3 is 11.1 Å². The summed E-state index contributed by atoms with van der Waals surface area (Å²) in [4.78, 5) is 12.5. The Labute approximate surface area is 131 Å². The Morgan fingerprint density at radius 1 is 1.18 bits per heavy atom. The molecular formula is C19H22N2O. The van der Waals surface area contributed by atoms with E-state index in [2.05, 4.69) is 37.4 Å². The maximum absolute atomic E-state index is 12.5. The number of benzene rings is 2. The van der Waals surface area contributed by atoms with E-state index in [4.69, 9.17) is 5.73 Å². The fraction of sp³-hybridized carbons (Fsp3) is 0.316. The van der Waals surface area contributed by atoms with E-state index in [-0.39, 0.29) is 17.4 Å². The van der Waals surface area contributed by atoms with Crippen molar-refractivity contribution in [3.8, 4) is 0 Å². The molecule has 1 amide bonds. The smallest absolute Gasteiger partial charge is 0.251 e. The molecule has 2 aromatic rings. The average Bonchev–Trinajstić information content (AvgIpc) is 2.79. The molecule has 3 nitrogen and oxygen atoms in total. The van der Waals surface area contributed by atoms with Crippen molar-refractivity contribution in [1.29, 1.82) is 0 Å². The lowest BCUT2D eigenvalue weighted by Gasteiger charge is -2.19. The molecule has 3 heteroatoms. The Balaban J connectivity index is 1.80. The minimum Gasteiger partial charge on any atom is -0.345 e. The summed E-state index contributed by atoms with van der Waals surface area (Å²) in [5, 5.41) is 3.17. The van der Waals surface area contributed by atoms with E-state index >= 15 is 0 Å². The van der Waals surface area contributed by atoms with Crippen LogP contribution in [0.5, 0.6) is 0 Å². The molecule has 0 radical (unpaired) electrons. The summed E-state index contributed by atoms with van der Waals surface area (Å²) in [7, 11) is 0. The van der Waals surface area contributed by atoms with Crippen LogP contribution < -0.4 is 11.1 Å². The summed E-state index contributed by atoms with van der Waals surface area (Å²) in [5.41, 5.74) is 9.96. The van der Waals surface area contributed by atoms with Gasteiger partial charge >= 0.3 is 0 Å². The Hall–Kier alpha value is -2.13. The molecule has 114 valence electrons. The lowest BCUT2D eigenvalue weighted by Crippen LogP contribution is -2.28. The van der Waals surface area contributed by atoms with E-state index in [1.165, 1.54) is 11.1 Å². The second-order valence-electron chi connectivity index (χ2n) is 6.60. The van der Waals surface area contributed by atoms with E-state index in [1.807, 2.05) is 30.3 Å². The first-order valence-electron chi connectivity index (χ1n) is 7.70. The summed E-state index contributed by atoms with van der Waals surface area (Å²) in [6.07, 6.45) is 0.930. The van der Waals surface area contributed by atoms with Gasteiger partial charge in [0.25, 0.3) is 5.91 Å². The highest BCUT2D eigenvalue weighted by Crippen LogP contribution is 2.44. The van der Waals surface area contributed by atoms with Gasteiger partial charge in [0.1, 0.15) is 0 Å². The number of nitrogens with two attached hydrogens (primary N) is 1. The highest BCUT2D eigenvalue weighted by molar-refractivity contribution is 5.94. The fourth-order valence-corrected chi connectivity index (χ4v) is 3.31. The number of nitrogens with one attached hydrogen (secondary N) is 1. The summed E-state index contributed by atoms with van der Waals surface area (Å²) >= 11 is 0. The molecule has 0 bridgehead atoms. The second-order valence-corrected chi connectivity index (χ2v) is 6.60. The zero-order valence-electron chi connectivity index (χ0n) is 13.1. The number of hydrogen-bond acceptors (Lipinski definition) is 2. The minimum absolute atomic E-state index is 0.0268. The van der Waals surface area contributed by atoms with Gasteiger partial charge in [-0.2, -0.15) is 0 Å². The lowest BCUT2D eigenvalue weighted by molar-refractivity contribution is 0.0934. The van der Waals surface area contributed by atoms with Crippen LogP contribution in [0.3, 0.4) is 0 Å². The molecule has 0 aromatic heterocycles. The van der Waals surface area contributed by atoms with Crippen LogP contribution in [0.15, 0.2) is 48.5 Å². The van der Waals surface area contributed by atoms with E-state index < -0.39 is 0 Å². The van der Waals surface area contributed by atoms with E-state index in [1.54, 1.807) is 0 Å². The van der Waals surface area contributed by atoms with Gasteiger partial charge in [0.2, 0.25) is 0 Å². The molecule has 0 heterocycles. The molecule has 1 atom stereocenters. The topological polar surface area (TPSA) is 55.1 Å². The SMILES string of the molecule is CC1(C)CC(NC(=O)c2ccc(CN)cc2)c2ccccc21. The number of hydrogen-bond donors (Lipinski definition) is 2. The molecule has 1 aliphatic carbocycles. The van der Waals surface area contributed by atoms with Crippen LogP contribution in [0.4, 0.5) is 0 Å². The number of carbonyl (C=O) groups is 1. The second kappa shape index (κ2) is 5.58. The maximum atomic E-state index is 12.5. The van der Waals surface area contributed by atoms with Gasteiger partial charge in [-0.05, 0) is 40.7 Å². The Morgan fingerprint density at radius 3 is 2.55 bits per heavy atom. The molecule has 3 rings (SSSR count). The summed E-state index contributed by atoms with van der Waals surface area (Å²) in [5.74, 6) is -0.0268. The predicted octanol–water partition coefficient (Wildman–Crippen LogP) is 3.30. The van der Waals surface area contributed by atoms with Crippen molar-refractivity contribution in [3.63, 3.8) is 0 Å². The molecule has 0 spiro atoms. The molecule has 0 aliphatic heterocycles. The van der Waals surface area contributed by atoms with Gasteiger partial charge in [-0.25, -0.2) is 0 Å². The average molecular weight is 294 g/mol. The minimum atomic E-state index is -0.0268. The normalized spacial score (nSPS) is 18.8. The summed E-state index contributed by atoms with van der Waals surface area (Å²) in [6.45, 7) is 4.95. The first-order chi connectivity index (χ1) is 10.5. The molecule has 0 fully saturated rings. The van der Waals surface area contributed by atoms with Crippen molar-refractivity contribution < 1.29 is 4.79 Å². The van der Waals surface area contributed by atoms with Crippen molar-refractivity contribution in [3.05, 3.63) is 70.8 Å². The van der Waals surface area contributed by atoms with Crippen LogP contribution in [0.1, 0.15) is 53.4 Å². The zero-order valence-corrected chi connectivity index (χ0v) is 13.1. The van der Waals surface area contributed by atoms with Gasteiger partial charge in [-0.1, -0.05) is 50.2 Å². The summed E-state index contributed by atoms with van der Waals surface area (Å²) in [6, 6.07) is 15.9. The van der Waals surface area contributed by atoms with Gasteiger partial charge in [0.05, 0.1) is 6.04 Å². The van der Waals surface area contributed by atoms with Crippen LogP contribution in [-0.4, -0.2) is 5.91 Å². The molecule has 0 saturated carbocycles. The van der Waals surface area contributed by atoms with Crippen molar-refractivity contribution in [2.24, 2.45) is 5.73 Å². The molecule has 0 saturated heterocycles. The first-order valence-corrected chi connectivity index (χ1v) is 7.70. The third-order valence-electron chi connectivity index (χ3n) is 4.54. The molecule has 1 aliphatic rings. The predicted molar refractivity (Wildman–Crippen MR) is 88.6 cm³/mol. The fourth-order valence-electron chi connectivity index (χ4n) is 3.31. The van der Waals surface area contributed by atoms with Crippen molar-refractivity contribution in [2.75, 3.05) is 0 Å². The van der Waals surface area contributed by atoms with Gasteiger partial charge in [-0.15, -0.1) is 0 Å².